The van der Waals surface area contributed by atoms with Crippen LogP contribution in [-0.4, -0.2) is 33.8 Å². The Morgan fingerprint density at radius 2 is 1.92 bits per heavy atom. The molecule has 1 unspecified atom stereocenters. The summed E-state index contributed by atoms with van der Waals surface area (Å²) in [5, 5.41) is 16.4. The van der Waals surface area contributed by atoms with Gasteiger partial charge in [0, 0.05) is 34.8 Å². The highest BCUT2D eigenvalue weighted by Gasteiger charge is 2.26. The van der Waals surface area contributed by atoms with Crippen LogP contribution in [0.1, 0.15) is 44.2 Å². The van der Waals surface area contributed by atoms with Crippen molar-refractivity contribution in [3.05, 3.63) is 47.7 Å². The Labute approximate surface area is 158 Å². The minimum Gasteiger partial charge on any atom is -0.392 e. The highest BCUT2D eigenvalue weighted by atomic mass is 32.1. The zero-order valence-corrected chi connectivity index (χ0v) is 15.9. The molecule has 0 radical (unpaired) electrons. The molecular weight excluding hydrogens is 342 g/mol. The second-order valence-electron chi connectivity index (χ2n) is 7.26. The topological polar surface area (TPSA) is 58.0 Å². The number of nitrogens with one attached hydrogen (secondary N) is 1. The minimum atomic E-state index is -0.284. The van der Waals surface area contributed by atoms with Crippen LogP contribution in [0.4, 0.5) is 0 Å². The maximum absolute atomic E-state index is 9.47. The minimum absolute atomic E-state index is 0.284. The first-order valence-corrected chi connectivity index (χ1v) is 10.3. The molecule has 0 spiro atoms. The van der Waals surface area contributed by atoms with Crippen LogP contribution in [0.2, 0.25) is 0 Å². The van der Waals surface area contributed by atoms with Gasteiger partial charge < -0.3 is 10.4 Å². The molecule has 5 heteroatoms. The van der Waals surface area contributed by atoms with Crippen LogP contribution in [0.5, 0.6) is 0 Å². The van der Waals surface area contributed by atoms with E-state index in [4.69, 9.17) is 4.98 Å². The molecule has 4 rings (SSSR count). The number of fused-ring (bicyclic) bond motifs is 1. The van der Waals surface area contributed by atoms with E-state index in [9.17, 15) is 5.11 Å². The summed E-state index contributed by atoms with van der Waals surface area (Å²) in [5.41, 5.74) is 3.71. The molecule has 26 heavy (non-hydrogen) atoms. The first kappa shape index (κ1) is 17.6. The molecule has 1 atom stereocenters. The van der Waals surface area contributed by atoms with Crippen molar-refractivity contribution in [2.45, 2.75) is 50.7 Å². The lowest BCUT2D eigenvalue weighted by molar-refractivity contribution is 0.180. The van der Waals surface area contributed by atoms with Crippen molar-refractivity contribution in [3.8, 4) is 11.1 Å². The molecule has 0 saturated heterocycles. The van der Waals surface area contributed by atoms with Crippen LogP contribution in [-0.2, 0) is 0 Å². The molecule has 1 aromatic carbocycles. The summed E-state index contributed by atoms with van der Waals surface area (Å²) in [5.74, 6) is 0.488. The fourth-order valence-corrected chi connectivity index (χ4v) is 4.87. The maximum atomic E-state index is 9.47. The molecule has 2 aromatic heterocycles. The molecule has 1 aliphatic carbocycles. The average Bonchev–Trinajstić information content (AvgIpc) is 3.12. The first-order valence-electron chi connectivity index (χ1n) is 9.41. The Morgan fingerprint density at radius 1 is 1.15 bits per heavy atom. The van der Waals surface area contributed by atoms with Crippen molar-refractivity contribution >= 4 is 21.6 Å². The lowest BCUT2D eigenvalue weighted by Crippen LogP contribution is -2.37. The van der Waals surface area contributed by atoms with E-state index in [1.807, 2.05) is 6.92 Å². The Bertz CT molecular complexity index is 854. The molecule has 136 valence electrons. The fraction of sp³-hybridized carbons (Fsp3) is 0.429. The summed E-state index contributed by atoms with van der Waals surface area (Å²) >= 11 is 1.71. The van der Waals surface area contributed by atoms with Gasteiger partial charge in [0.1, 0.15) is 11.2 Å². The van der Waals surface area contributed by atoms with Gasteiger partial charge in [-0.2, -0.15) is 0 Å². The number of aromatic nitrogens is 2. The van der Waals surface area contributed by atoms with Crippen LogP contribution in [0.25, 0.3) is 21.3 Å². The molecule has 0 aliphatic heterocycles. The van der Waals surface area contributed by atoms with E-state index in [-0.39, 0.29) is 6.10 Å². The van der Waals surface area contributed by atoms with Gasteiger partial charge in [-0.05, 0) is 38.2 Å². The van der Waals surface area contributed by atoms with Gasteiger partial charge in [0.25, 0.3) is 0 Å². The van der Waals surface area contributed by atoms with Crippen LogP contribution >= 0.6 is 11.3 Å². The Kier molecular flexibility index (Phi) is 5.29. The van der Waals surface area contributed by atoms with E-state index in [0.717, 1.165) is 30.5 Å². The van der Waals surface area contributed by atoms with Gasteiger partial charge in [0.05, 0.1) is 11.8 Å². The highest BCUT2D eigenvalue weighted by Crippen LogP contribution is 2.40. The van der Waals surface area contributed by atoms with E-state index in [2.05, 4.69) is 46.0 Å². The summed E-state index contributed by atoms with van der Waals surface area (Å²) in [4.78, 5) is 10.3. The third-order valence-electron chi connectivity index (χ3n) is 5.30. The zero-order valence-electron chi connectivity index (χ0n) is 15.1. The highest BCUT2D eigenvalue weighted by molar-refractivity contribution is 7.17. The quantitative estimate of drug-likeness (QED) is 0.704. The smallest absolute Gasteiger partial charge is 0.127 e. The average molecular weight is 368 g/mol. The van der Waals surface area contributed by atoms with Gasteiger partial charge >= 0.3 is 0 Å². The molecule has 4 nitrogen and oxygen atoms in total. The molecule has 2 heterocycles. The number of aliphatic hydroxyl groups excluding tert-OH is 1. The van der Waals surface area contributed by atoms with Crippen molar-refractivity contribution in [1.82, 2.24) is 15.3 Å². The van der Waals surface area contributed by atoms with Crippen LogP contribution in [0.15, 0.2) is 42.0 Å². The Hall–Kier alpha value is -1.82. The monoisotopic (exact) mass is 367 g/mol. The number of thiophene rings is 1. The largest absolute Gasteiger partial charge is 0.392 e. The third-order valence-corrected chi connectivity index (χ3v) is 6.19. The second-order valence-corrected chi connectivity index (χ2v) is 8.12. The van der Waals surface area contributed by atoms with Crippen molar-refractivity contribution in [2.24, 2.45) is 0 Å². The van der Waals surface area contributed by atoms with Crippen LogP contribution < -0.4 is 5.32 Å². The van der Waals surface area contributed by atoms with Crippen molar-refractivity contribution in [2.75, 3.05) is 6.54 Å². The van der Waals surface area contributed by atoms with Gasteiger partial charge in [-0.3, -0.25) is 0 Å². The van der Waals surface area contributed by atoms with Crippen molar-refractivity contribution in [1.29, 1.82) is 0 Å². The summed E-state index contributed by atoms with van der Waals surface area (Å²) < 4.78 is 0. The van der Waals surface area contributed by atoms with Gasteiger partial charge in [-0.15, -0.1) is 11.3 Å². The predicted octanol–water partition coefficient (Wildman–Crippen LogP) is 4.35. The van der Waals surface area contributed by atoms with Gasteiger partial charge in [0.2, 0.25) is 0 Å². The third kappa shape index (κ3) is 3.65. The molecular formula is C21H25N3OS. The second kappa shape index (κ2) is 7.82. The first-order chi connectivity index (χ1) is 12.7. The molecule has 1 saturated carbocycles. The number of aliphatic hydroxyl groups is 1. The summed E-state index contributed by atoms with van der Waals surface area (Å²) in [7, 11) is 0. The predicted molar refractivity (Wildman–Crippen MR) is 108 cm³/mol. The van der Waals surface area contributed by atoms with Gasteiger partial charge in [-0.25, -0.2) is 9.97 Å². The summed E-state index contributed by atoms with van der Waals surface area (Å²) in [6.07, 6.45) is 5.97. The van der Waals surface area contributed by atoms with E-state index in [1.165, 1.54) is 22.2 Å². The summed E-state index contributed by atoms with van der Waals surface area (Å²) in [6.45, 7) is 2.51. The standard InChI is InChI=1S/C21H25N3OS/c1-14(25)11-22-17-9-7-16(8-10-17)20-19-18(15-5-3-2-4-6-15)12-26-21(19)24-13-23-20/h2-6,12-14,16-17,22,25H,7-11H2,1H3. The van der Waals surface area contributed by atoms with Crippen LogP contribution in [0.3, 0.4) is 0 Å². The van der Waals surface area contributed by atoms with Crippen molar-refractivity contribution < 1.29 is 5.11 Å². The number of benzene rings is 1. The lowest BCUT2D eigenvalue weighted by Gasteiger charge is -2.29. The number of nitrogens with zero attached hydrogens (tertiary/aromatic N) is 2. The van der Waals surface area contributed by atoms with E-state index < -0.39 is 0 Å². The van der Waals surface area contributed by atoms with Crippen LogP contribution in [0, 0.1) is 0 Å². The van der Waals surface area contributed by atoms with E-state index in [0.29, 0.717) is 18.5 Å². The summed E-state index contributed by atoms with van der Waals surface area (Å²) in [6, 6.07) is 11.1. The molecule has 1 fully saturated rings. The maximum Gasteiger partial charge on any atom is 0.127 e. The normalized spacial score (nSPS) is 21.8. The Balaban J connectivity index is 1.59. The molecule has 1 aliphatic rings. The number of hydrogen-bond acceptors (Lipinski definition) is 5. The molecule has 0 bridgehead atoms. The Morgan fingerprint density at radius 3 is 2.65 bits per heavy atom. The number of hydrogen-bond donors (Lipinski definition) is 2. The van der Waals surface area contributed by atoms with Gasteiger partial charge in [-0.1, -0.05) is 30.3 Å². The van der Waals surface area contributed by atoms with E-state index >= 15 is 0 Å². The zero-order chi connectivity index (χ0) is 17.9. The molecule has 3 aromatic rings. The molecule has 0 amide bonds. The SMILES string of the molecule is CC(O)CNC1CCC(c2ncnc3scc(-c4ccccc4)c23)CC1. The van der Waals surface area contributed by atoms with E-state index in [1.54, 1.807) is 17.7 Å². The lowest BCUT2D eigenvalue weighted by atomic mass is 9.82. The fourth-order valence-electron chi connectivity index (χ4n) is 3.95. The van der Waals surface area contributed by atoms with Crippen molar-refractivity contribution in [3.63, 3.8) is 0 Å². The molecule has 2 N–H and O–H groups in total. The van der Waals surface area contributed by atoms with Gasteiger partial charge in [0.15, 0.2) is 0 Å². The number of rotatable bonds is 5.